The molecule has 0 atom stereocenters. The van der Waals surface area contributed by atoms with E-state index in [0.717, 1.165) is 12.1 Å². The molecule has 10 nitrogen and oxygen atoms in total. The molecule has 0 bridgehead atoms. The van der Waals surface area contributed by atoms with Crippen LogP contribution >= 0.6 is 0 Å². The van der Waals surface area contributed by atoms with Crippen LogP contribution in [0.2, 0.25) is 0 Å². The highest BCUT2D eigenvalue weighted by molar-refractivity contribution is 7.90. The molecule has 0 aliphatic heterocycles. The highest BCUT2D eigenvalue weighted by Crippen LogP contribution is 2.16. The first-order valence-electron chi connectivity index (χ1n) is 4.64. The average molecular weight is 284 g/mol. The maximum atomic E-state index is 11.3. The normalized spacial score (nSPS) is 10.1. The zero-order valence-electron chi connectivity index (χ0n) is 9.27. The van der Waals surface area contributed by atoms with Crippen LogP contribution in [0.25, 0.3) is 10.4 Å². The number of hydrogen-bond donors (Lipinski definition) is 3. The number of urea groups is 2. The molecule has 0 unspecified atom stereocenters. The number of azide groups is 1. The first-order chi connectivity index (χ1) is 8.85. The molecule has 0 radical (unpaired) electrons. The van der Waals surface area contributed by atoms with Gasteiger partial charge in [-0.15, -0.1) is 0 Å². The number of imide groups is 1. The number of primary amides is 1. The Morgan fingerprint density at radius 2 is 1.84 bits per heavy atom. The van der Waals surface area contributed by atoms with Crippen LogP contribution < -0.4 is 16.4 Å². The molecular weight excluding hydrogens is 276 g/mol. The van der Waals surface area contributed by atoms with Gasteiger partial charge in [-0.25, -0.2) is 18.0 Å². The molecule has 4 N–H and O–H groups in total. The van der Waals surface area contributed by atoms with E-state index in [1.54, 1.807) is 5.32 Å². The van der Waals surface area contributed by atoms with Crippen LogP contribution in [0.4, 0.5) is 15.3 Å². The minimum absolute atomic E-state index is 0.221. The molecule has 0 saturated carbocycles. The van der Waals surface area contributed by atoms with Gasteiger partial charge in [0, 0.05) is 15.1 Å². The van der Waals surface area contributed by atoms with Gasteiger partial charge in [-0.3, -0.25) is 5.32 Å². The number of rotatable bonds is 3. The third kappa shape index (κ3) is 4.18. The van der Waals surface area contributed by atoms with E-state index in [0.29, 0.717) is 0 Å². The van der Waals surface area contributed by atoms with Crippen molar-refractivity contribution in [1.29, 1.82) is 0 Å². The van der Waals surface area contributed by atoms with Gasteiger partial charge in [0.25, 0.3) is 10.0 Å². The van der Waals surface area contributed by atoms with Gasteiger partial charge >= 0.3 is 12.1 Å². The quantitative estimate of drug-likeness (QED) is 0.425. The van der Waals surface area contributed by atoms with E-state index in [1.807, 2.05) is 0 Å². The van der Waals surface area contributed by atoms with E-state index < -0.39 is 22.1 Å². The number of hydrogen-bond acceptors (Lipinski definition) is 4. The van der Waals surface area contributed by atoms with E-state index in [1.165, 1.54) is 12.1 Å². The van der Waals surface area contributed by atoms with Crippen LogP contribution in [-0.2, 0) is 10.0 Å². The summed E-state index contributed by atoms with van der Waals surface area (Å²) in [5.41, 5.74) is 13.0. The van der Waals surface area contributed by atoms with Gasteiger partial charge in [0.05, 0.1) is 4.90 Å². The topological polar surface area (TPSA) is 167 Å². The minimum Gasteiger partial charge on any atom is -0.351 e. The molecule has 1 aromatic rings. The van der Waals surface area contributed by atoms with Crippen LogP contribution in [0.15, 0.2) is 33.7 Å². The van der Waals surface area contributed by atoms with Crippen LogP contribution in [0.1, 0.15) is 0 Å². The Labute approximate surface area is 107 Å². The zero-order valence-corrected chi connectivity index (χ0v) is 10.1. The summed E-state index contributed by atoms with van der Waals surface area (Å²) in [5.74, 6) is 0. The molecule has 11 heteroatoms. The highest BCUT2D eigenvalue weighted by atomic mass is 32.2. The van der Waals surface area contributed by atoms with Crippen LogP contribution in [0.5, 0.6) is 0 Å². The predicted octanol–water partition coefficient (Wildman–Crippen LogP) is 0.886. The summed E-state index contributed by atoms with van der Waals surface area (Å²) >= 11 is 0. The standard InChI is InChI=1S/C8H8N6O4S/c9-7(15)12-8(16)11-5-1-3-6(4-2-5)19(17,18)14-13-10/h1-4H,(H4,9,11,12,15,16). The number of nitrogens with two attached hydrogens (primary N) is 1. The lowest BCUT2D eigenvalue weighted by atomic mass is 10.3. The van der Waals surface area contributed by atoms with Gasteiger partial charge in [-0.2, -0.15) is 0 Å². The van der Waals surface area contributed by atoms with Crippen LogP contribution in [0, 0.1) is 0 Å². The number of benzene rings is 1. The second-order valence-electron chi connectivity index (χ2n) is 3.11. The second-order valence-corrected chi connectivity index (χ2v) is 4.70. The summed E-state index contributed by atoms with van der Waals surface area (Å²) in [6, 6.07) is 2.87. The minimum atomic E-state index is -4.07. The smallest absolute Gasteiger partial charge is 0.327 e. The molecule has 19 heavy (non-hydrogen) atoms. The van der Waals surface area contributed by atoms with Crippen molar-refractivity contribution in [3.63, 3.8) is 0 Å². The van der Waals surface area contributed by atoms with Crippen molar-refractivity contribution in [3.8, 4) is 0 Å². The Morgan fingerprint density at radius 3 is 2.32 bits per heavy atom. The number of anilines is 1. The maximum absolute atomic E-state index is 11.3. The first-order valence-corrected chi connectivity index (χ1v) is 6.08. The number of nitrogens with one attached hydrogen (secondary N) is 2. The summed E-state index contributed by atoms with van der Waals surface area (Å²) in [4.78, 5) is 23.4. The highest BCUT2D eigenvalue weighted by Gasteiger charge is 2.12. The van der Waals surface area contributed by atoms with Crippen molar-refractivity contribution in [3.05, 3.63) is 34.7 Å². The van der Waals surface area contributed by atoms with Gasteiger partial charge < -0.3 is 11.1 Å². The molecule has 1 aromatic carbocycles. The number of amides is 4. The number of carbonyl (C=O) groups excluding carboxylic acids is 2. The predicted molar refractivity (Wildman–Crippen MR) is 64.5 cm³/mol. The molecule has 100 valence electrons. The summed E-state index contributed by atoms with van der Waals surface area (Å²) in [5, 5.41) is 4.00. The van der Waals surface area contributed by atoms with Crippen molar-refractivity contribution in [1.82, 2.24) is 5.32 Å². The number of carbonyl (C=O) groups is 2. The van der Waals surface area contributed by atoms with Crippen molar-refractivity contribution >= 4 is 27.8 Å². The lowest BCUT2D eigenvalue weighted by Gasteiger charge is -2.05. The monoisotopic (exact) mass is 284 g/mol. The second kappa shape index (κ2) is 5.71. The molecule has 0 spiro atoms. The largest absolute Gasteiger partial charge is 0.351 e. The zero-order chi connectivity index (χ0) is 14.5. The number of sulfonamides is 1. The van der Waals surface area contributed by atoms with Crippen LogP contribution in [0.3, 0.4) is 0 Å². The maximum Gasteiger partial charge on any atom is 0.327 e. The Morgan fingerprint density at radius 1 is 1.26 bits per heavy atom. The summed E-state index contributed by atoms with van der Waals surface area (Å²) in [6.07, 6.45) is 0. The van der Waals surface area contributed by atoms with Gasteiger partial charge in [-0.05, 0) is 29.8 Å². The summed E-state index contributed by atoms with van der Waals surface area (Å²) < 4.78 is 25.3. The summed E-state index contributed by atoms with van der Waals surface area (Å²) in [6.45, 7) is 0. The average Bonchev–Trinajstić information content (AvgIpc) is 2.28. The van der Waals surface area contributed by atoms with Crippen LogP contribution in [-0.4, -0.2) is 20.5 Å². The lowest BCUT2D eigenvalue weighted by molar-refractivity contribution is 0.238. The number of nitrogens with zero attached hydrogens (tertiary/aromatic N) is 3. The molecule has 0 aliphatic rings. The molecule has 1 rings (SSSR count). The fourth-order valence-corrected chi connectivity index (χ4v) is 1.75. The van der Waals surface area contributed by atoms with E-state index >= 15 is 0 Å². The fraction of sp³-hybridized carbons (Fsp3) is 0. The summed E-state index contributed by atoms with van der Waals surface area (Å²) in [7, 11) is -4.07. The fourth-order valence-electron chi connectivity index (χ4n) is 1.08. The van der Waals surface area contributed by atoms with Gasteiger partial charge in [-0.1, -0.05) is 0 Å². The first kappa shape index (κ1) is 14.3. The van der Waals surface area contributed by atoms with Gasteiger partial charge in [0.1, 0.15) is 0 Å². The van der Waals surface area contributed by atoms with E-state index in [2.05, 4.69) is 14.7 Å². The Bertz CT molecular complexity index is 646. The lowest BCUT2D eigenvalue weighted by Crippen LogP contribution is -2.38. The molecule has 0 aliphatic carbocycles. The SMILES string of the molecule is [N-]=[N+]=NS(=O)(=O)c1ccc(NC(=O)NC(N)=O)cc1. The van der Waals surface area contributed by atoms with E-state index in [-0.39, 0.29) is 10.6 Å². The van der Waals surface area contributed by atoms with Crippen molar-refractivity contribution in [2.45, 2.75) is 4.90 Å². The van der Waals surface area contributed by atoms with Gasteiger partial charge in [0.2, 0.25) is 0 Å². The third-order valence-corrected chi connectivity index (χ3v) is 2.95. The molecule has 0 fully saturated rings. The molecule has 0 heterocycles. The molecule has 4 amide bonds. The molecule has 0 aromatic heterocycles. The van der Waals surface area contributed by atoms with Gasteiger partial charge in [0.15, 0.2) is 0 Å². The Balaban J connectivity index is 2.86. The van der Waals surface area contributed by atoms with Crippen molar-refractivity contribution < 1.29 is 18.0 Å². The molecule has 0 saturated heterocycles. The van der Waals surface area contributed by atoms with E-state index in [4.69, 9.17) is 11.3 Å². The van der Waals surface area contributed by atoms with Crippen molar-refractivity contribution in [2.24, 2.45) is 10.3 Å². The third-order valence-electron chi connectivity index (χ3n) is 1.79. The molecular formula is C8H8N6O4S. The van der Waals surface area contributed by atoms with Crippen molar-refractivity contribution in [2.75, 3.05) is 5.32 Å². The Kier molecular flexibility index (Phi) is 4.29. The Hall–Kier alpha value is -2.78. The van der Waals surface area contributed by atoms with E-state index in [9.17, 15) is 18.0 Å².